The van der Waals surface area contributed by atoms with Crippen molar-refractivity contribution in [3.8, 4) is 5.75 Å². The van der Waals surface area contributed by atoms with Gasteiger partial charge in [-0.05, 0) is 12.1 Å². The molecule has 0 bridgehead atoms. The maximum atomic E-state index is 8.77. The minimum Gasteiger partial charge on any atom is -0.495 e. The molecule has 1 rings (SSSR count). The molecule has 1 aromatic heterocycles. The summed E-state index contributed by atoms with van der Waals surface area (Å²) in [7, 11) is 1.59. The third-order valence-electron chi connectivity index (χ3n) is 1.76. The molecule has 0 aliphatic carbocycles. The predicted octanol–water partition coefficient (Wildman–Crippen LogP) is -0.0477. The predicted molar refractivity (Wildman–Crippen MR) is 49.6 cm³/mol. The summed E-state index contributed by atoms with van der Waals surface area (Å²) in [5.74, 6) is 0.714. The third-order valence-corrected chi connectivity index (χ3v) is 1.76. The average molecular weight is 182 g/mol. The zero-order valence-corrected chi connectivity index (χ0v) is 7.60. The second kappa shape index (κ2) is 4.79. The number of ether oxygens (including phenoxy) is 1. The van der Waals surface area contributed by atoms with Crippen LogP contribution in [-0.2, 0) is 6.42 Å². The van der Waals surface area contributed by atoms with E-state index in [0.717, 1.165) is 5.69 Å². The Morgan fingerprint density at radius 3 is 3.08 bits per heavy atom. The Bertz CT molecular complexity index is 266. The number of aliphatic hydroxyl groups is 1. The number of pyridine rings is 1. The highest BCUT2D eigenvalue weighted by Crippen LogP contribution is 2.15. The number of hydrogen-bond acceptors (Lipinski definition) is 4. The van der Waals surface area contributed by atoms with Gasteiger partial charge in [-0.2, -0.15) is 0 Å². The highest BCUT2D eigenvalue weighted by atomic mass is 16.5. The monoisotopic (exact) mass is 182 g/mol. The molecule has 72 valence electrons. The van der Waals surface area contributed by atoms with Crippen molar-refractivity contribution >= 4 is 0 Å². The van der Waals surface area contributed by atoms with Gasteiger partial charge in [0.2, 0.25) is 0 Å². The van der Waals surface area contributed by atoms with Gasteiger partial charge in [-0.3, -0.25) is 4.98 Å². The highest BCUT2D eigenvalue weighted by molar-refractivity contribution is 5.27. The lowest BCUT2D eigenvalue weighted by Crippen LogP contribution is -2.27. The summed E-state index contributed by atoms with van der Waals surface area (Å²) in [5.41, 5.74) is 6.37. The molecule has 0 amide bonds. The Labute approximate surface area is 77.4 Å². The van der Waals surface area contributed by atoms with Gasteiger partial charge in [0.15, 0.2) is 0 Å². The molecule has 0 radical (unpaired) electrons. The van der Waals surface area contributed by atoms with Crippen molar-refractivity contribution in [3.63, 3.8) is 0 Å². The van der Waals surface area contributed by atoms with Gasteiger partial charge in [-0.25, -0.2) is 0 Å². The smallest absolute Gasteiger partial charge is 0.140 e. The Hall–Kier alpha value is -1.13. The zero-order valence-electron chi connectivity index (χ0n) is 7.60. The van der Waals surface area contributed by atoms with Crippen LogP contribution in [0.5, 0.6) is 5.75 Å². The van der Waals surface area contributed by atoms with Crippen LogP contribution < -0.4 is 10.5 Å². The molecule has 0 saturated carbocycles. The van der Waals surface area contributed by atoms with Gasteiger partial charge in [0, 0.05) is 18.7 Å². The quantitative estimate of drug-likeness (QED) is 0.685. The number of hydrogen-bond donors (Lipinski definition) is 2. The van der Waals surface area contributed by atoms with Crippen LogP contribution in [0.1, 0.15) is 5.69 Å². The lowest BCUT2D eigenvalue weighted by Gasteiger charge is -2.10. The average Bonchev–Trinajstić information content (AvgIpc) is 2.18. The Kier molecular flexibility index (Phi) is 3.67. The molecule has 1 atom stereocenters. The first-order valence-electron chi connectivity index (χ1n) is 4.12. The molecule has 4 nitrogen and oxygen atoms in total. The van der Waals surface area contributed by atoms with E-state index in [4.69, 9.17) is 15.6 Å². The van der Waals surface area contributed by atoms with E-state index in [1.54, 1.807) is 19.4 Å². The Morgan fingerprint density at radius 2 is 2.46 bits per heavy atom. The summed E-state index contributed by atoms with van der Waals surface area (Å²) in [6, 6.07) is 3.35. The summed E-state index contributed by atoms with van der Waals surface area (Å²) >= 11 is 0. The minimum absolute atomic E-state index is 0.0419. The fourth-order valence-corrected chi connectivity index (χ4v) is 1.08. The van der Waals surface area contributed by atoms with E-state index >= 15 is 0 Å². The number of methoxy groups -OCH3 is 1. The Balaban J connectivity index is 2.74. The largest absolute Gasteiger partial charge is 0.495 e. The van der Waals surface area contributed by atoms with Crippen molar-refractivity contribution in [2.45, 2.75) is 12.5 Å². The number of aliphatic hydroxyl groups excluding tert-OH is 1. The van der Waals surface area contributed by atoms with E-state index in [-0.39, 0.29) is 12.6 Å². The zero-order chi connectivity index (χ0) is 9.68. The molecule has 3 N–H and O–H groups in total. The van der Waals surface area contributed by atoms with Crippen LogP contribution in [0, 0.1) is 0 Å². The molecule has 13 heavy (non-hydrogen) atoms. The molecule has 0 aliphatic rings. The van der Waals surface area contributed by atoms with E-state index in [0.29, 0.717) is 12.2 Å². The van der Waals surface area contributed by atoms with Crippen LogP contribution in [0.25, 0.3) is 0 Å². The normalized spacial score (nSPS) is 12.5. The van der Waals surface area contributed by atoms with Crippen LogP contribution in [-0.4, -0.2) is 29.8 Å². The van der Waals surface area contributed by atoms with Crippen LogP contribution in [0.2, 0.25) is 0 Å². The lowest BCUT2D eigenvalue weighted by atomic mass is 10.1. The lowest BCUT2D eigenvalue weighted by molar-refractivity contribution is 0.263. The SMILES string of the molecule is COc1cccnc1C[C@@H](N)CO. The van der Waals surface area contributed by atoms with E-state index in [1.807, 2.05) is 6.07 Å². The molecule has 0 aromatic carbocycles. The van der Waals surface area contributed by atoms with E-state index in [2.05, 4.69) is 4.98 Å². The van der Waals surface area contributed by atoms with Crippen molar-refractivity contribution in [2.75, 3.05) is 13.7 Å². The molecular formula is C9H14N2O2. The molecule has 1 heterocycles. The number of nitrogens with two attached hydrogens (primary N) is 1. The second-order valence-corrected chi connectivity index (χ2v) is 2.80. The topological polar surface area (TPSA) is 68.4 Å². The second-order valence-electron chi connectivity index (χ2n) is 2.80. The molecule has 0 fully saturated rings. The number of nitrogens with zero attached hydrogens (tertiary/aromatic N) is 1. The summed E-state index contributed by atoms with van der Waals surface area (Å²) in [6.45, 7) is -0.0419. The van der Waals surface area contributed by atoms with Crippen LogP contribution >= 0.6 is 0 Å². The highest BCUT2D eigenvalue weighted by Gasteiger charge is 2.07. The van der Waals surface area contributed by atoms with Gasteiger partial charge in [-0.15, -0.1) is 0 Å². The van der Waals surface area contributed by atoms with Gasteiger partial charge in [0.1, 0.15) is 5.75 Å². The van der Waals surface area contributed by atoms with Crippen molar-refractivity contribution in [3.05, 3.63) is 24.0 Å². The minimum atomic E-state index is -0.274. The maximum Gasteiger partial charge on any atom is 0.140 e. The summed E-state index contributed by atoms with van der Waals surface area (Å²) < 4.78 is 5.09. The van der Waals surface area contributed by atoms with Crippen molar-refractivity contribution in [2.24, 2.45) is 5.73 Å². The van der Waals surface area contributed by atoms with Crippen LogP contribution in [0.15, 0.2) is 18.3 Å². The van der Waals surface area contributed by atoms with E-state index in [9.17, 15) is 0 Å². The van der Waals surface area contributed by atoms with E-state index < -0.39 is 0 Å². The molecular weight excluding hydrogens is 168 g/mol. The third kappa shape index (κ3) is 2.68. The van der Waals surface area contributed by atoms with Crippen molar-refractivity contribution in [1.29, 1.82) is 0 Å². The summed E-state index contributed by atoms with van der Waals surface area (Å²) in [6.07, 6.45) is 2.21. The first-order chi connectivity index (χ1) is 6.27. The molecule has 0 spiro atoms. The Morgan fingerprint density at radius 1 is 1.69 bits per heavy atom. The number of aromatic nitrogens is 1. The fraction of sp³-hybridized carbons (Fsp3) is 0.444. The van der Waals surface area contributed by atoms with Gasteiger partial charge in [0.25, 0.3) is 0 Å². The molecule has 0 saturated heterocycles. The van der Waals surface area contributed by atoms with Crippen molar-refractivity contribution < 1.29 is 9.84 Å². The molecule has 4 heteroatoms. The maximum absolute atomic E-state index is 8.77. The number of rotatable bonds is 4. The summed E-state index contributed by atoms with van der Waals surface area (Å²) in [5, 5.41) is 8.77. The van der Waals surface area contributed by atoms with Crippen molar-refractivity contribution in [1.82, 2.24) is 4.98 Å². The molecule has 0 aliphatic heterocycles. The van der Waals surface area contributed by atoms with Gasteiger partial charge < -0.3 is 15.6 Å². The van der Waals surface area contributed by atoms with E-state index in [1.165, 1.54) is 0 Å². The first kappa shape index (κ1) is 9.95. The van der Waals surface area contributed by atoms with Gasteiger partial charge >= 0.3 is 0 Å². The van der Waals surface area contributed by atoms with Crippen LogP contribution in [0.3, 0.4) is 0 Å². The van der Waals surface area contributed by atoms with Gasteiger partial charge in [0.05, 0.1) is 19.4 Å². The summed E-state index contributed by atoms with van der Waals surface area (Å²) in [4.78, 5) is 4.12. The standard InChI is InChI=1S/C9H14N2O2/c1-13-9-3-2-4-11-8(9)5-7(10)6-12/h2-4,7,12H,5-6,10H2,1H3/t7-/m1/s1. The molecule has 1 aromatic rings. The fourth-order valence-electron chi connectivity index (χ4n) is 1.08. The van der Waals surface area contributed by atoms with Gasteiger partial charge in [-0.1, -0.05) is 0 Å². The first-order valence-corrected chi connectivity index (χ1v) is 4.12. The van der Waals surface area contributed by atoms with Crippen LogP contribution in [0.4, 0.5) is 0 Å². The molecule has 0 unspecified atom stereocenters.